The lowest BCUT2D eigenvalue weighted by molar-refractivity contribution is -0.155. The number of carbonyl (C=O) groups is 6. The lowest BCUT2D eigenvalue weighted by Crippen LogP contribution is -2.84. The molecule has 1 spiro atoms. The van der Waals surface area contributed by atoms with Crippen molar-refractivity contribution in [3.63, 3.8) is 0 Å². The van der Waals surface area contributed by atoms with Crippen LogP contribution in [0.15, 0.2) is 52.7 Å². The van der Waals surface area contributed by atoms with Crippen molar-refractivity contribution >= 4 is 46.8 Å². The first-order chi connectivity index (χ1) is 25.9. The topological polar surface area (TPSA) is 206 Å². The van der Waals surface area contributed by atoms with Gasteiger partial charge in [-0.05, 0) is 94.8 Å². The molecule has 290 valence electrons. The Morgan fingerprint density at radius 1 is 0.778 bits per heavy atom. The number of nitrogens with one attached hydrogen (secondary N) is 6. The summed E-state index contributed by atoms with van der Waals surface area (Å²) in [6.07, 6.45) is 1.34. The summed E-state index contributed by atoms with van der Waals surface area (Å²) in [5.41, 5.74) is -1.41. The van der Waals surface area contributed by atoms with Gasteiger partial charge in [0.1, 0.15) is 0 Å². The average Bonchev–Trinajstić information content (AvgIpc) is 3.54. The smallest absolute Gasteiger partial charge is 0.315 e. The number of ketones is 1. The lowest BCUT2D eigenvalue weighted by atomic mass is 9.58. The number of likely N-dealkylation sites (N-methyl/N-ethyl adjacent to an activating group) is 2. The molecule has 2 saturated heterocycles. The number of urea groups is 1. The first kappa shape index (κ1) is 40.0. The zero-order valence-corrected chi connectivity index (χ0v) is 31.7. The van der Waals surface area contributed by atoms with Crippen LogP contribution in [0.3, 0.4) is 0 Å². The van der Waals surface area contributed by atoms with E-state index in [0.29, 0.717) is 51.1 Å². The van der Waals surface area contributed by atoms with Crippen LogP contribution in [0.2, 0.25) is 0 Å². The molecule has 4 unspecified atom stereocenters. The first-order valence-corrected chi connectivity index (χ1v) is 18.8. The van der Waals surface area contributed by atoms with E-state index in [4.69, 9.17) is 0 Å². The predicted octanol–water partition coefficient (Wildman–Crippen LogP) is 2.60. The van der Waals surface area contributed by atoms with Gasteiger partial charge in [0.05, 0.1) is 23.3 Å². The Balaban J connectivity index is 1.30. The summed E-state index contributed by atoms with van der Waals surface area (Å²) >= 11 is 0. The number of benzene rings is 2. The molecule has 2 aliphatic heterocycles. The molecule has 1 aliphatic carbocycles. The van der Waals surface area contributed by atoms with E-state index >= 15 is 0 Å². The van der Waals surface area contributed by atoms with Gasteiger partial charge >= 0.3 is 6.03 Å². The summed E-state index contributed by atoms with van der Waals surface area (Å²) < 4.78 is 0. The Bertz CT molecular complexity index is 1720. The van der Waals surface area contributed by atoms with Crippen LogP contribution < -0.4 is 31.9 Å². The Morgan fingerprint density at radius 3 is 1.85 bits per heavy atom. The van der Waals surface area contributed by atoms with E-state index in [1.807, 2.05) is 0 Å². The van der Waals surface area contributed by atoms with Crippen LogP contribution in [0.4, 0.5) is 16.2 Å². The van der Waals surface area contributed by atoms with Gasteiger partial charge in [-0.1, -0.05) is 27.7 Å². The quantitative estimate of drug-likeness (QED) is 0.0805. The third-order valence-electron chi connectivity index (χ3n) is 10.8. The summed E-state index contributed by atoms with van der Waals surface area (Å²) in [6.45, 7) is 15.1. The van der Waals surface area contributed by atoms with Crippen molar-refractivity contribution in [2.45, 2.75) is 77.0 Å². The molecule has 4 atom stereocenters. The van der Waals surface area contributed by atoms with Gasteiger partial charge in [-0.25, -0.2) is 4.79 Å². The van der Waals surface area contributed by atoms with E-state index in [-0.39, 0.29) is 52.3 Å². The number of hydrogen-bond acceptors (Lipinski definition) is 10. The first-order valence-electron chi connectivity index (χ1n) is 18.8. The van der Waals surface area contributed by atoms with Gasteiger partial charge in [-0.15, -0.1) is 0 Å². The summed E-state index contributed by atoms with van der Waals surface area (Å²) in [4.78, 5) is 82.2. The zero-order valence-electron chi connectivity index (χ0n) is 31.7. The van der Waals surface area contributed by atoms with Crippen molar-refractivity contribution in [1.82, 2.24) is 36.4 Å². The normalized spacial score (nSPS) is 23.0. The monoisotopic (exact) mass is 744 g/mol. The highest BCUT2D eigenvalue weighted by Crippen LogP contribution is 2.47. The molecule has 0 aromatic heterocycles. The number of azo groups is 1. The molecule has 3 fully saturated rings. The van der Waals surface area contributed by atoms with Crippen LogP contribution in [-0.4, -0.2) is 121 Å². The predicted molar refractivity (Wildman–Crippen MR) is 203 cm³/mol. The van der Waals surface area contributed by atoms with Crippen LogP contribution >= 0.6 is 0 Å². The number of fused-ring (bicyclic) bond motifs is 1. The summed E-state index contributed by atoms with van der Waals surface area (Å²) in [5.74, 6) is -2.21. The molecule has 16 nitrogen and oxygen atoms in total. The van der Waals surface area contributed by atoms with Gasteiger partial charge in [-0.3, -0.25) is 24.0 Å². The van der Waals surface area contributed by atoms with E-state index in [0.717, 1.165) is 26.2 Å². The number of rotatable bonds is 17. The van der Waals surface area contributed by atoms with Gasteiger partial charge in [0.15, 0.2) is 5.78 Å². The minimum Gasteiger partial charge on any atom is -0.351 e. The van der Waals surface area contributed by atoms with Crippen molar-refractivity contribution < 1.29 is 28.8 Å². The number of amides is 6. The lowest BCUT2D eigenvalue weighted by Gasteiger charge is -2.57. The number of hydrogen-bond donors (Lipinski definition) is 6. The zero-order chi connectivity index (χ0) is 39.0. The Labute approximate surface area is 315 Å². The molecule has 5 rings (SSSR count). The second-order valence-electron chi connectivity index (χ2n) is 13.9. The van der Waals surface area contributed by atoms with Gasteiger partial charge in [0.2, 0.25) is 5.54 Å². The molecule has 2 aromatic carbocycles. The number of β-lactam (4-membered cyclic amide) rings is 1. The third-order valence-corrected chi connectivity index (χ3v) is 10.8. The average molecular weight is 745 g/mol. The minimum atomic E-state index is -1.74. The van der Waals surface area contributed by atoms with Crippen LogP contribution in [0.1, 0.15) is 85.0 Å². The molecular formula is C38H52N10O6. The maximum absolute atomic E-state index is 13.4. The third kappa shape index (κ3) is 8.44. The molecule has 3 aliphatic rings. The molecule has 16 heteroatoms. The molecule has 54 heavy (non-hydrogen) atoms. The van der Waals surface area contributed by atoms with E-state index in [9.17, 15) is 28.8 Å². The molecular weight excluding hydrogens is 692 g/mol. The minimum absolute atomic E-state index is 0.0885. The van der Waals surface area contributed by atoms with Crippen molar-refractivity contribution in [2.75, 3.05) is 57.7 Å². The molecule has 6 N–H and O–H groups in total. The Hall–Kier alpha value is -5.22. The second kappa shape index (κ2) is 17.3. The standard InChI is InChI=1S/C38H52N10O6/c1-6-47(7-2)18-16-39-32(50)26-20-27(33(51)40-17-19-48(8-3)9-4)22-29(21-26)41-34(52)25-10-12-28(13-11-25)45-46-38(24(5)49)35(53)44-37(38)15-14-30-31(23-37)43-36(54)42-30/h10-13,20-22,30-31H,6-9,14-19,23H2,1-5H3,(H,39,50)(H,40,51)(H,41,52)(H,44,53)(H2,42,43,54). The highest BCUT2D eigenvalue weighted by molar-refractivity contribution is 6.17. The van der Waals surface area contributed by atoms with Gasteiger partial charge < -0.3 is 41.7 Å². The number of Topliss-reactive ketones (excluding diaryl/α,β-unsaturated/α-hetero) is 1. The van der Waals surface area contributed by atoms with Gasteiger partial charge in [0, 0.05) is 48.6 Å². The maximum atomic E-state index is 13.4. The second-order valence-corrected chi connectivity index (χ2v) is 13.9. The molecule has 1 saturated carbocycles. The summed E-state index contributed by atoms with van der Waals surface area (Å²) in [7, 11) is 0. The van der Waals surface area contributed by atoms with Gasteiger partial charge in [0.25, 0.3) is 23.6 Å². The summed E-state index contributed by atoms with van der Waals surface area (Å²) in [5, 5.41) is 25.9. The van der Waals surface area contributed by atoms with Crippen molar-refractivity contribution in [1.29, 1.82) is 0 Å². The molecule has 0 radical (unpaired) electrons. The largest absolute Gasteiger partial charge is 0.351 e. The van der Waals surface area contributed by atoms with Crippen LogP contribution in [0.25, 0.3) is 0 Å². The van der Waals surface area contributed by atoms with E-state index in [1.165, 1.54) is 37.3 Å². The fourth-order valence-electron chi connectivity index (χ4n) is 7.55. The van der Waals surface area contributed by atoms with E-state index in [1.54, 1.807) is 12.1 Å². The number of anilines is 1. The van der Waals surface area contributed by atoms with Crippen molar-refractivity contribution in [3.05, 3.63) is 59.2 Å². The van der Waals surface area contributed by atoms with Crippen molar-refractivity contribution in [2.24, 2.45) is 10.2 Å². The summed E-state index contributed by atoms with van der Waals surface area (Å²) in [6, 6.07) is 10.1. The Kier molecular flexibility index (Phi) is 12.8. The number of carbonyl (C=O) groups excluding carboxylic acids is 6. The van der Waals surface area contributed by atoms with E-state index in [2.05, 4.69) is 79.6 Å². The van der Waals surface area contributed by atoms with Crippen LogP contribution in [0.5, 0.6) is 0 Å². The molecule has 2 heterocycles. The Morgan fingerprint density at radius 2 is 1.33 bits per heavy atom. The van der Waals surface area contributed by atoms with Crippen LogP contribution in [0, 0.1) is 0 Å². The fourth-order valence-corrected chi connectivity index (χ4v) is 7.55. The molecule has 0 bridgehead atoms. The van der Waals surface area contributed by atoms with E-state index < -0.39 is 28.7 Å². The van der Waals surface area contributed by atoms with Crippen LogP contribution in [-0.2, 0) is 9.59 Å². The SMILES string of the molecule is CCN(CC)CCNC(=O)c1cc(NC(=O)c2ccc(N=NC3(C(C)=O)C(=O)NC34CCC3NC(=O)NC3C4)cc2)cc(C(=O)NCCN(CC)CC)c1. The van der Waals surface area contributed by atoms with Crippen molar-refractivity contribution in [3.8, 4) is 0 Å². The molecule has 2 aromatic rings. The fraction of sp³-hybridized carbons (Fsp3) is 0.526. The van der Waals surface area contributed by atoms with Gasteiger partial charge in [-0.2, -0.15) is 10.2 Å². The highest BCUT2D eigenvalue weighted by atomic mass is 16.2. The highest BCUT2D eigenvalue weighted by Gasteiger charge is 2.72. The maximum Gasteiger partial charge on any atom is 0.315 e. The number of nitrogens with zero attached hydrogens (tertiary/aromatic N) is 4. The molecule has 6 amide bonds.